The molecule has 1 N–H and O–H groups in total. The Balaban J connectivity index is 1.64. The fourth-order valence-electron chi connectivity index (χ4n) is 4.50. The lowest BCUT2D eigenvalue weighted by Gasteiger charge is -2.12. The van der Waals surface area contributed by atoms with Crippen LogP contribution in [0.25, 0.3) is 28.2 Å². The molecular formula is C32H29N5O5. The monoisotopic (exact) mass is 563 g/mol. The molecule has 0 aliphatic heterocycles. The van der Waals surface area contributed by atoms with Crippen LogP contribution in [0.15, 0.2) is 96.3 Å². The smallest absolute Gasteiger partial charge is 0.494 e. The van der Waals surface area contributed by atoms with Gasteiger partial charge >= 0.3 is 11.8 Å². The van der Waals surface area contributed by atoms with Gasteiger partial charge in [0.25, 0.3) is 0 Å². The molecule has 0 saturated carbocycles. The van der Waals surface area contributed by atoms with Gasteiger partial charge in [-0.05, 0) is 61.9 Å². The van der Waals surface area contributed by atoms with E-state index in [1.165, 1.54) is 9.13 Å². The van der Waals surface area contributed by atoms with E-state index in [4.69, 9.17) is 29.6 Å². The number of nitrogens with one attached hydrogen (secondary N) is 1. The molecule has 10 nitrogen and oxygen atoms in total. The highest BCUT2D eigenvalue weighted by Crippen LogP contribution is 2.26. The molecule has 0 atom stereocenters. The Bertz CT molecular complexity index is 1820. The predicted octanol–water partition coefficient (Wildman–Crippen LogP) is 5.73. The van der Waals surface area contributed by atoms with E-state index < -0.39 is 12.8 Å². The third-order valence-corrected chi connectivity index (χ3v) is 6.43. The molecule has 5 aromatic rings. The van der Waals surface area contributed by atoms with E-state index in [9.17, 15) is 9.59 Å². The van der Waals surface area contributed by atoms with Gasteiger partial charge in [-0.25, -0.2) is 24.1 Å². The highest BCUT2D eigenvalue weighted by molar-refractivity contribution is 6.07. The first-order chi connectivity index (χ1) is 20.4. The van der Waals surface area contributed by atoms with Crippen LogP contribution >= 0.6 is 0 Å². The van der Waals surface area contributed by atoms with Crippen molar-refractivity contribution in [2.24, 2.45) is 0 Å². The number of para-hydroxylation sites is 2. The minimum Gasteiger partial charge on any atom is -0.494 e. The molecule has 2 aromatic heterocycles. The van der Waals surface area contributed by atoms with Crippen molar-refractivity contribution in [1.29, 1.82) is 5.41 Å². The van der Waals surface area contributed by atoms with Crippen molar-refractivity contribution < 1.29 is 19.0 Å². The largest absolute Gasteiger partial charge is 0.514 e. The zero-order valence-electron chi connectivity index (χ0n) is 23.2. The summed E-state index contributed by atoms with van der Waals surface area (Å²) in [5.41, 5.74) is 2.43. The number of aryl methyl sites for hydroxylation is 1. The van der Waals surface area contributed by atoms with Gasteiger partial charge in [-0.3, -0.25) is 9.98 Å². The average molecular weight is 564 g/mol. The Morgan fingerprint density at radius 1 is 0.976 bits per heavy atom. The first-order valence-corrected chi connectivity index (χ1v) is 13.3. The number of benzene rings is 3. The van der Waals surface area contributed by atoms with Crippen LogP contribution in [-0.2, 0) is 11.3 Å². The van der Waals surface area contributed by atoms with Crippen LogP contribution in [0.1, 0.15) is 18.2 Å². The standard InChI is InChI=1S/C32H29N5O5/c1-4-19-36-28-27(25(33)20-41-32(39)42-24-12-7-6-8-13-24)34-29(22-15-17-23(18-16-22)40-5-2)35-30(28)37(31(36)38)26-14-10-9-11-21(26)3/h4,6-18,33H,1,5,19-20H2,2-3H3. The molecular weight excluding hydrogens is 534 g/mol. The van der Waals surface area contributed by atoms with E-state index in [-0.39, 0.29) is 29.5 Å². The van der Waals surface area contributed by atoms with Gasteiger partial charge in [-0.2, -0.15) is 0 Å². The van der Waals surface area contributed by atoms with Gasteiger partial charge in [0, 0.05) is 12.1 Å². The zero-order chi connectivity index (χ0) is 29.6. The molecule has 5 rings (SSSR count). The lowest BCUT2D eigenvalue weighted by atomic mass is 10.1. The maximum atomic E-state index is 13.9. The van der Waals surface area contributed by atoms with Crippen molar-refractivity contribution in [3.05, 3.63) is 113 Å². The second-order valence-corrected chi connectivity index (χ2v) is 9.26. The Hall–Kier alpha value is -5.51. The van der Waals surface area contributed by atoms with E-state index in [0.29, 0.717) is 40.5 Å². The van der Waals surface area contributed by atoms with Gasteiger partial charge < -0.3 is 14.2 Å². The molecule has 0 spiro atoms. The lowest BCUT2D eigenvalue weighted by molar-refractivity contribution is 0.113. The molecule has 0 radical (unpaired) electrons. The lowest BCUT2D eigenvalue weighted by Crippen LogP contribution is -2.24. The van der Waals surface area contributed by atoms with Gasteiger partial charge in [-0.1, -0.05) is 42.5 Å². The molecule has 10 heteroatoms. The van der Waals surface area contributed by atoms with E-state index in [1.807, 2.05) is 50.2 Å². The number of carbonyl (C=O) groups is 1. The number of hydrogen-bond acceptors (Lipinski definition) is 8. The summed E-state index contributed by atoms with van der Waals surface area (Å²) in [5, 5.41) is 8.89. The quantitative estimate of drug-likeness (QED) is 0.0997. The number of rotatable bonds is 10. The third-order valence-electron chi connectivity index (χ3n) is 6.43. The zero-order valence-corrected chi connectivity index (χ0v) is 23.2. The number of fused-ring (bicyclic) bond motifs is 1. The van der Waals surface area contributed by atoms with Crippen molar-refractivity contribution in [2.75, 3.05) is 13.2 Å². The number of imidazole rings is 1. The Morgan fingerprint density at radius 2 is 1.69 bits per heavy atom. The summed E-state index contributed by atoms with van der Waals surface area (Å²) in [7, 11) is 0. The van der Waals surface area contributed by atoms with Gasteiger partial charge in [0.05, 0.1) is 18.0 Å². The number of nitrogens with zero attached hydrogens (tertiary/aromatic N) is 4. The Morgan fingerprint density at radius 3 is 2.38 bits per heavy atom. The van der Waals surface area contributed by atoms with Gasteiger partial charge in [0.15, 0.2) is 11.5 Å². The fraction of sp³-hybridized carbons (Fsp3) is 0.156. The van der Waals surface area contributed by atoms with Crippen LogP contribution in [0.4, 0.5) is 4.79 Å². The molecule has 212 valence electrons. The minimum absolute atomic E-state index is 0.139. The number of ether oxygens (including phenoxy) is 3. The molecule has 0 amide bonds. The summed E-state index contributed by atoms with van der Waals surface area (Å²) >= 11 is 0. The van der Waals surface area contributed by atoms with Crippen molar-refractivity contribution >= 4 is 23.0 Å². The third kappa shape index (κ3) is 5.68. The second-order valence-electron chi connectivity index (χ2n) is 9.26. The van der Waals surface area contributed by atoms with E-state index in [2.05, 4.69) is 6.58 Å². The number of carbonyl (C=O) groups excluding carboxylic acids is 1. The van der Waals surface area contributed by atoms with E-state index >= 15 is 0 Å². The van der Waals surface area contributed by atoms with Crippen molar-refractivity contribution in [2.45, 2.75) is 20.4 Å². The fourth-order valence-corrected chi connectivity index (χ4v) is 4.50. The number of allylic oxidation sites excluding steroid dienone is 1. The van der Waals surface area contributed by atoms with E-state index in [1.54, 1.807) is 48.5 Å². The normalized spacial score (nSPS) is 10.8. The molecule has 0 saturated heterocycles. The van der Waals surface area contributed by atoms with Gasteiger partial charge in [-0.15, -0.1) is 6.58 Å². The molecule has 42 heavy (non-hydrogen) atoms. The molecule has 0 fully saturated rings. The van der Waals surface area contributed by atoms with Gasteiger partial charge in [0.2, 0.25) is 0 Å². The molecule has 3 aromatic carbocycles. The summed E-state index contributed by atoms with van der Waals surface area (Å²) < 4.78 is 19.0. The number of aromatic nitrogens is 4. The SMILES string of the molecule is C=CCn1c(=O)n(-c2ccccc2C)c2nc(-c3ccc(OCC)cc3)nc(C(=N)COC(=O)Oc3ccccc3)c21. The van der Waals surface area contributed by atoms with Crippen LogP contribution in [-0.4, -0.2) is 44.2 Å². The van der Waals surface area contributed by atoms with Gasteiger partial charge in [0.1, 0.15) is 29.3 Å². The summed E-state index contributed by atoms with van der Waals surface area (Å²) in [6.07, 6.45) is 0.619. The molecule has 0 aliphatic carbocycles. The summed E-state index contributed by atoms with van der Waals surface area (Å²) in [4.78, 5) is 35.8. The molecule has 2 heterocycles. The van der Waals surface area contributed by atoms with Crippen LogP contribution in [0.2, 0.25) is 0 Å². The van der Waals surface area contributed by atoms with Crippen molar-refractivity contribution in [1.82, 2.24) is 19.1 Å². The highest BCUT2D eigenvalue weighted by Gasteiger charge is 2.25. The maximum Gasteiger partial charge on any atom is 0.514 e. The van der Waals surface area contributed by atoms with Crippen LogP contribution < -0.4 is 15.2 Å². The maximum absolute atomic E-state index is 13.9. The topological polar surface area (TPSA) is 121 Å². The molecule has 0 aliphatic rings. The van der Waals surface area contributed by atoms with Crippen LogP contribution in [0, 0.1) is 12.3 Å². The van der Waals surface area contributed by atoms with Crippen molar-refractivity contribution in [3.63, 3.8) is 0 Å². The van der Waals surface area contributed by atoms with E-state index in [0.717, 1.165) is 5.56 Å². The number of hydrogen-bond donors (Lipinski definition) is 1. The molecule has 0 bridgehead atoms. The Labute approximate surface area is 242 Å². The predicted molar refractivity (Wildman–Crippen MR) is 160 cm³/mol. The molecule has 0 unspecified atom stereocenters. The summed E-state index contributed by atoms with van der Waals surface area (Å²) in [5.74, 6) is 1.29. The van der Waals surface area contributed by atoms with Crippen LogP contribution in [0.3, 0.4) is 0 Å². The Kier molecular flexibility index (Phi) is 8.24. The summed E-state index contributed by atoms with van der Waals surface area (Å²) in [6, 6.07) is 23.2. The minimum atomic E-state index is -0.969. The first kappa shape index (κ1) is 28.0. The second kappa shape index (κ2) is 12.3. The average Bonchev–Trinajstić information content (AvgIpc) is 3.27. The first-order valence-electron chi connectivity index (χ1n) is 13.3. The highest BCUT2D eigenvalue weighted by atomic mass is 16.7. The van der Waals surface area contributed by atoms with Crippen molar-refractivity contribution in [3.8, 4) is 28.6 Å². The van der Waals surface area contributed by atoms with Crippen LogP contribution in [0.5, 0.6) is 11.5 Å². The summed E-state index contributed by atoms with van der Waals surface area (Å²) in [6.45, 7) is 7.84.